The van der Waals surface area contributed by atoms with Crippen LogP contribution in [0.15, 0.2) is 30.9 Å². The molecule has 0 unspecified atom stereocenters. The second kappa shape index (κ2) is 9.31. The Morgan fingerprint density at radius 3 is 2.64 bits per heavy atom. The molecule has 1 saturated heterocycles. The number of nitrogens with zero attached hydrogens (tertiary/aromatic N) is 2. The Kier molecular flexibility index (Phi) is 6.60. The van der Waals surface area contributed by atoms with Crippen LogP contribution in [0.25, 0.3) is 0 Å². The Labute approximate surface area is 219 Å². The Morgan fingerprint density at radius 2 is 2.00 bits per heavy atom. The number of ether oxygens (including phenoxy) is 1. The highest BCUT2D eigenvalue weighted by atomic mass is 35.5. The Bertz CT molecular complexity index is 1240. The maximum absolute atomic E-state index is 13.2. The summed E-state index contributed by atoms with van der Waals surface area (Å²) in [4.78, 5) is 40.4. The van der Waals surface area contributed by atoms with Gasteiger partial charge in [0.25, 0.3) is 0 Å². The maximum atomic E-state index is 13.2. The number of carbonyl (C=O) groups excluding carboxylic acids is 3. The van der Waals surface area contributed by atoms with E-state index in [1.165, 1.54) is 4.42 Å². The molecule has 4 aliphatic rings. The molecule has 2 heterocycles. The number of sulfonamides is 1. The molecule has 1 aromatic carbocycles. The van der Waals surface area contributed by atoms with E-state index >= 15 is 0 Å². The number of hydrogen-bond donors (Lipinski definition) is 1. The first-order valence-electron chi connectivity index (χ1n) is 11.9. The van der Waals surface area contributed by atoms with Gasteiger partial charge in [0.1, 0.15) is 6.10 Å². The largest absolute Gasteiger partial charge is 0.445 e. The van der Waals surface area contributed by atoms with Gasteiger partial charge in [0.2, 0.25) is 15.9 Å². The number of benzene rings is 1. The zero-order valence-electron chi connectivity index (χ0n) is 19.5. The molecule has 1 N–H and O–H groups in total. The van der Waals surface area contributed by atoms with Gasteiger partial charge >= 0.3 is 6.09 Å². The van der Waals surface area contributed by atoms with Gasteiger partial charge in [-0.1, -0.05) is 29.8 Å². The SMILES string of the molecule is C=C[C@@H]1C[C@]1(CC(=O)[C@@H]1C[C@@H](OC(=O)N2Cc3cccc(Cl)c3C2)CN1Cl)C(=O)NS(=O)(=O)C1CC1. The smallest absolute Gasteiger partial charge is 0.410 e. The Morgan fingerprint density at radius 1 is 1.25 bits per heavy atom. The monoisotopic (exact) mass is 555 g/mol. The molecule has 0 spiro atoms. The molecule has 0 aromatic heterocycles. The summed E-state index contributed by atoms with van der Waals surface area (Å²) < 4.78 is 33.7. The lowest BCUT2D eigenvalue weighted by molar-refractivity contribution is -0.131. The van der Waals surface area contributed by atoms with Crippen LogP contribution in [0, 0.1) is 11.3 Å². The van der Waals surface area contributed by atoms with Gasteiger partial charge in [-0.3, -0.25) is 19.2 Å². The summed E-state index contributed by atoms with van der Waals surface area (Å²) in [5.74, 6) is -1.26. The first-order valence-corrected chi connectivity index (χ1v) is 14.2. The number of amides is 2. The van der Waals surface area contributed by atoms with Crippen molar-refractivity contribution in [3.8, 4) is 0 Å². The summed E-state index contributed by atoms with van der Waals surface area (Å²) in [6, 6.07) is 4.76. The van der Waals surface area contributed by atoms with E-state index in [1.54, 1.807) is 17.0 Å². The Balaban J connectivity index is 1.19. The van der Waals surface area contributed by atoms with Gasteiger partial charge in [-0.05, 0) is 54.2 Å². The molecule has 36 heavy (non-hydrogen) atoms. The molecule has 0 radical (unpaired) electrons. The minimum atomic E-state index is -3.73. The summed E-state index contributed by atoms with van der Waals surface area (Å²) in [5.41, 5.74) is 0.711. The maximum Gasteiger partial charge on any atom is 0.410 e. The van der Waals surface area contributed by atoms with Gasteiger partial charge < -0.3 is 4.74 Å². The number of fused-ring (bicyclic) bond motifs is 1. The summed E-state index contributed by atoms with van der Waals surface area (Å²) >= 11 is 12.6. The third-order valence-electron chi connectivity index (χ3n) is 7.58. The molecule has 2 amide bonds. The van der Waals surface area contributed by atoms with Gasteiger partial charge in [-0.25, -0.2) is 17.6 Å². The van der Waals surface area contributed by atoms with E-state index in [0.29, 0.717) is 37.4 Å². The lowest BCUT2D eigenvalue weighted by Gasteiger charge is -2.20. The first kappa shape index (κ1) is 25.5. The van der Waals surface area contributed by atoms with E-state index in [2.05, 4.69) is 11.3 Å². The van der Waals surface area contributed by atoms with Crippen molar-refractivity contribution < 1.29 is 27.5 Å². The van der Waals surface area contributed by atoms with Gasteiger partial charge in [-0.2, -0.15) is 0 Å². The standard InChI is InChI=1S/C24H27Cl2N3O6S/c1-2-15-9-24(15,22(31)27-36(33,34)17-6-7-17)10-21(30)20-8-16(12-29(20)26)35-23(32)28-11-14-4-3-5-19(25)18(14)13-28/h2-5,15-17,20H,1,6-13H2,(H,27,31)/t15-,16-,20+,24-/m1/s1. The molecule has 9 nitrogen and oxygen atoms in total. The normalized spacial score (nSPS) is 29.5. The summed E-state index contributed by atoms with van der Waals surface area (Å²) in [5, 5.41) is 0.0558. The third kappa shape index (κ3) is 4.76. The van der Waals surface area contributed by atoms with Gasteiger partial charge in [0.05, 0.1) is 29.8 Å². The van der Waals surface area contributed by atoms with Crippen LogP contribution in [-0.2, 0) is 37.4 Å². The molecule has 1 aromatic rings. The van der Waals surface area contributed by atoms with Crippen LogP contribution in [0.2, 0.25) is 5.02 Å². The quantitative estimate of drug-likeness (QED) is 0.387. The fraction of sp³-hybridized carbons (Fsp3) is 0.542. The molecular weight excluding hydrogens is 529 g/mol. The van der Waals surface area contributed by atoms with Crippen LogP contribution in [0.4, 0.5) is 4.79 Å². The summed E-state index contributed by atoms with van der Waals surface area (Å²) in [7, 11) is -3.73. The molecule has 2 saturated carbocycles. The van der Waals surface area contributed by atoms with Crippen molar-refractivity contribution in [2.24, 2.45) is 11.3 Å². The van der Waals surface area contributed by atoms with E-state index in [4.69, 9.17) is 28.1 Å². The number of carbonyl (C=O) groups is 3. The average molecular weight is 556 g/mol. The van der Waals surface area contributed by atoms with E-state index in [9.17, 15) is 22.8 Å². The number of ketones is 1. The number of halogens is 2. The van der Waals surface area contributed by atoms with E-state index < -0.39 is 44.8 Å². The first-order chi connectivity index (χ1) is 17.0. The number of Topliss-reactive ketones (excluding diaryl/α,β-unsaturated/α-hetero) is 1. The van der Waals surface area contributed by atoms with Crippen LogP contribution < -0.4 is 4.72 Å². The highest BCUT2D eigenvalue weighted by Gasteiger charge is 2.61. The molecule has 0 bridgehead atoms. The minimum Gasteiger partial charge on any atom is -0.445 e. The van der Waals surface area contributed by atoms with Crippen molar-refractivity contribution in [3.63, 3.8) is 0 Å². The number of rotatable bonds is 8. The molecule has 3 fully saturated rings. The number of nitrogens with one attached hydrogen (secondary N) is 1. The van der Waals surface area contributed by atoms with Crippen molar-refractivity contribution in [1.29, 1.82) is 0 Å². The molecule has 4 atom stereocenters. The van der Waals surface area contributed by atoms with Crippen LogP contribution in [0.5, 0.6) is 0 Å². The topological polar surface area (TPSA) is 113 Å². The zero-order chi connectivity index (χ0) is 25.8. The van der Waals surface area contributed by atoms with Gasteiger partial charge in [0, 0.05) is 24.4 Å². The molecule has 194 valence electrons. The van der Waals surface area contributed by atoms with Crippen molar-refractivity contribution in [2.45, 2.75) is 62.6 Å². The van der Waals surface area contributed by atoms with Crippen molar-refractivity contribution in [1.82, 2.24) is 14.0 Å². The fourth-order valence-corrected chi connectivity index (χ4v) is 7.15. The van der Waals surface area contributed by atoms with Crippen molar-refractivity contribution in [3.05, 3.63) is 47.0 Å². The predicted octanol–water partition coefficient (Wildman–Crippen LogP) is 3.15. The van der Waals surface area contributed by atoms with E-state index in [1.807, 2.05) is 12.1 Å². The second-order valence-corrected chi connectivity index (χ2v) is 12.9. The van der Waals surface area contributed by atoms with E-state index in [-0.39, 0.29) is 31.1 Å². The lowest BCUT2D eigenvalue weighted by Crippen LogP contribution is -2.42. The second-order valence-electron chi connectivity index (χ2n) is 10.1. The highest BCUT2D eigenvalue weighted by Crippen LogP contribution is 2.57. The molecule has 5 rings (SSSR count). The van der Waals surface area contributed by atoms with E-state index in [0.717, 1.165) is 11.1 Å². The minimum absolute atomic E-state index is 0.158. The molecular formula is C24H27Cl2N3O6S. The third-order valence-corrected chi connectivity index (χ3v) is 10.1. The van der Waals surface area contributed by atoms with Crippen LogP contribution in [-0.4, -0.2) is 59.5 Å². The number of hydrogen-bond acceptors (Lipinski definition) is 7. The van der Waals surface area contributed by atoms with Crippen molar-refractivity contribution >= 4 is 51.2 Å². The number of allylic oxidation sites excluding steroid dienone is 1. The fourth-order valence-electron chi connectivity index (χ4n) is 5.17. The van der Waals surface area contributed by atoms with Crippen LogP contribution in [0.3, 0.4) is 0 Å². The van der Waals surface area contributed by atoms with Gasteiger partial charge in [-0.15, -0.1) is 6.58 Å². The lowest BCUT2D eigenvalue weighted by atomic mass is 9.92. The van der Waals surface area contributed by atoms with Crippen LogP contribution in [0.1, 0.15) is 43.2 Å². The molecule has 2 aliphatic carbocycles. The van der Waals surface area contributed by atoms with Crippen molar-refractivity contribution in [2.75, 3.05) is 6.54 Å². The average Bonchev–Trinajstić information content (AvgIpc) is 3.71. The van der Waals surface area contributed by atoms with Gasteiger partial charge in [0.15, 0.2) is 5.78 Å². The summed E-state index contributed by atoms with van der Waals surface area (Å²) in [6.07, 6.45) is 1.89. The predicted molar refractivity (Wildman–Crippen MR) is 132 cm³/mol. The Hall–Kier alpha value is -2.14. The summed E-state index contributed by atoms with van der Waals surface area (Å²) in [6.45, 7) is 4.61. The van der Waals surface area contributed by atoms with Crippen LogP contribution >= 0.6 is 23.4 Å². The zero-order valence-corrected chi connectivity index (χ0v) is 21.8. The molecule has 12 heteroatoms. The highest BCUT2D eigenvalue weighted by molar-refractivity contribution is 7.90. The molecule has 2 aliphatic heterocycles.